The molecule has 0 aliphatic carbocycles. The molecule has 3 unspecified atom stereocenters. The van der Waals surface area contributed by atoms with E-state index in [-0.39, 0.29) is 25.1 Å². The number of nitrogens with one attached hydrogen (secondary N) is 1. The lowest BCUT2D eigenvalue weighted by Crippen LogP contribution is -2.47. The Labute approximate surface area is 546 Å². The number of phosphoric ester groups is 1. The number of allylic oxidation sites excluding steroid dienone is 11. The van der Waals surface area contributed by atoms with E-state index in [1.54, 1.807) is 0 Å². The number of nitrogens with zero attached hydrogens (tertiary/aromatic N) is 1. The van der Waals surface area contributed by atoms with Crippen LogP contribution >= 0.6 is 7.82 Å². The molecule has 0 saturated heterocycles. The number of quaternary nitrogens is 1. The third kappa shape index (κ3) is 67.8. The minimum absolute atomic E-state index is 0.0397. The zero-order valence-corrected chi connectivity index (χ0v) is 59.9. The second kappa shape index (κ2) is 67.3. The number of rotatable bonds is 69. The Hall–Kier alpha value is -2.55. The molecule has 0 radical (unpaired) electrons. The number of esters is 1. The van der Waals surface area contributed by atoms with Crippen LogP contribution in [-0.2, 0) is 27.9 Å². The van der Waals surface area contributed by atoms with Gasteiger partial charge < -0.3 is 19.4 Å². The summed E-state index contributed by atoms with van der Waals surface area (Å²) < 4.78 is 30.9. The van der Waals surface area contributed by atoms with Gasteiger partial charge in [0.05, 0.1) is 33.8 Å². The van der Waals surface area contributed by atoms with Crippen molar-refractivity contribution in [3.05, 3.63) is 72.9 Å². The predicted molar refractivity (Wildman–Crippen MR) is 383 cm³/mol. The maximum absolute atomic E-state index is 13.6. The summed E-state index contributed by atoms with van der Waals surface area (Å²) in [6, 6.07) is -0.852. The molecule has 0 bridgehead atoms. The maximum atomic E-state index is 13.6. The van der Waals surface area contributed by atoms with E-state index in [1.165, 1.54) is 238 Å². The summed E-state index contributed by atoms with van der Waals surface area (Å²) in [6.07, 6.45) is 89.3. The fourth-order valence-electron chi connectivity index (χ4n) is 11.1. The molecule has 88 heavy (non-hydrogen) atoms. The zero-order chi connectivity index (χ0) is 64.2. The Morgan fingerprint density at radius 1 is 0.409 bits per heavy atom. The molecule has 0 spiro atoms. The van der Waals surface area contributed by atoms with Crippen LogP contribution in [0, 0.1) is 0 Å². The van der Waals surface area contributed by atoms with Gasteiger partial charge in [0.25, 0.3) is 0 Å². The van der Waals surface area contributed by atoms with Crippen LogP contribution in [0.1, 0.15) is 361 Å². The van der Waals surface area contributed by atoms with Crippen molar-refractivity contribution in [2.45, 2.75) is 373 Å². The van der Waals surface area contributed by atoms with Crippen molar-refractivity contribution in [1.29, 1.82) is 0 Å². The molecular formula is C78H146N2O7P+. The van der Waals surface area contributed by atoms with Gasteiger partial charge >= 0.3 is 13.8 Å². The number of carbonyl (C=O) groups excluding carboxylic acids is 2. The number of hydrogen-bond acceptors (Lipinski definition) is 6. The lowest BCUT2D eigenvalue weighted by molar-refractivity contribution is -0.870. The summed E-state index contributed by atoms with van der Waals surface area (Å²) in [4.78, 5) is 38.0. The van der Waals surface area contributed by atoms with Gasteiger partial charge in [-0.15, -0.1) is 0 Å². The average Bonchev–Trinajstić information content (AvgIpc) is 3.66. The minimum atomic E-state index is -4.46. The minimum Gasteiger partial charge on any atom is -0.456 e. The van der Waals surface area contributed by atoms with Gasteiger partial charge in [-0.1, -0.05) is 344 Å². The van der Waals surface area contributed by atoms with E-state index in [0.717, 1.165) is 89.9 Å². The van der Waals surface area contributed by atoms with Crippen molar-refractivity contribution in [1.82, 2.24) is 5.32 Å². The fraction of sp³-hybridized carbons (Fsp3) is 0.821. The van der Waals surface area contributed by atoms with Gasteiger partial charge in [-0.25, -0.2) is 4.57 Å². The summed E-state index contributed by atoms with van der Waals surface area (Å²) in [5.41, 5.74) is 0. The van der Waals surface area contributed by atoms with Crippen LogP contribution < -0.4 is 5.32 Å². The van der Waals surface area contributed by atoms with E-state index < -0.39 is 20.0 Å². The summed E-state index contributed by atoms with van der Waals surface area (Å²) in [6.45, 7) is 6.95. The Morgan fingerprint density at radius 3 is 1.09 bits per heavy atom. The molecule has 0 aliphatic rings. The first-order valence-electron chi connectivity index (χ1n) is 37.8. The van der Waals surface area contributed by atoms with Crippen LogP contribution in [0.15, 0.2) is 72.9 Å². The smallest absolute Gasteiger partial charge is 0.456 e. The van der Waals surface area contributed by atoms with Crippen LogP contribution in [0.5, 0.6) is 0 Å². The average molecular weight is 1260 g/mol. The first kappa shape index (κ1) is 85.5. The molecule has 0 aromatic rings. The normalized spacial score (nSPS) is 13.9. The van der Waals surface area contributed by atoms with Crippen molar-refractivity contribution in [3.63, 3.8) is 0 Å². The highest BCUT2D eigenvalue weighted by Gasteiger charge is 2.30. The number of likely N-dealkylation sites (N-methyl/N-ethyl adjacent to an activating group) is 1. The molecule has 3 atom stereocenters. The van der Waals surface area contributed by atoms with E-state index in [1.807, 2.05) is 33.3 Å². The molecule has 1 amide bonds. The molecule has 2 N–H and O–H groups in total. The highest BCUT2D eigenvalue weighted by atomic mass is 31.2. The van der Waals surface area contributed by atoms with Gasteiger partial charge in [0.15, 0.2) is 0 Å². The number of ether oxygens (including phenoxy) is 1. The second-order valence-corrected chi connectivity index (χ2v) is 28.3. The molecule has 0 rings (SSSR count). The summed E-state index contributed by atoms with van der Waals surface area (Å²) in [5.74, 6) is -0.493. The third-order valence-electron chi connectivity index (χ3n) is 16.9. The second-order valence-electron chi connectivity index (χ2n) is 26.8. The van der Waals surface area contributed by atoms with E-state index in [9.17, 15) is 19.0 Å². The SMILES string of the molecule is CC/C=C\C/C=C\C/C=C\C/C=C\C/C=C\CCCCCCCCCCCCCC(=O)NC(COP(=O)(O)OCC[N+](C)(C)C)C(/C=C/CCCCCCCCCCCC)OC(=O)CCCCCCCCCCCCCCCCCCCCCCCCC. The van der Waals surface area contributed by atoms with Crippen molar-refractivity contribution < 1.29 is 37.3 Å². The van der Waals surface area contributed by atoms with Crippen molar-refractivity contribution >= 4 is 19.7 Å². The first-order chi connectivity index (χ1) is 42.9. The van der Waals surface area contributed by atoms with E-state index in [0.29, 0.717) is 23.9 Å². The molecule has 514 valence electrons. The lowest BCUT2D eigenvalue weighted by Gasteiger charge is -2.27. The van der Waals surface area contributed by atoms with E-state index >= 15 is 0 Å². The molecule has 0 fully saturated rings. The van der Waals surface area contributed by atoms with Crippen molar-refractivity contribution in [2.75, 3.05) is 40.9 Å². The highest BCUT2D eigenvalue weighted by Crippen LogP contribution is 2.43. The van der Waals surface area contributed by atoms with E-state index in [4.69, 9.17) is 13.8 Å². The zero-order valence-electron chi connectivity index (χ0n) is 59.0. The fourth-order valence-corrected chi connectivity index (χ4v) is 11.9. The van der Waals surface area contributed by atoms with Gasteiger partial charge in [0.1, 0.15) is 19.3 Å². The van der Waals surface area contributed by atoms with Crippen LogP contribution in [0.3, 0.4) is 0 Å². The van der Waals surface area contributed by atoms with Gasteiger partial charge in [-0.3, -0.25) is 18.6 Å². The largest absolute Gasteiger partial charge is 0.472 e. The van der Waals surface area contributed by atoms with Gasteiger partial charge in [-0.2, -0.15) is 0 Å². The molecule has 0 aromatic heterocycles. The standard InChI is InChI=1S/C78H145N2O7P/c1-7-10-13-16-19-22-25-28-30-32-34-36-38-39-40-41-43-44-46-48-50-52-55-58-61-64-67-70-77(81)79-75(74-86-88(83,84)85-73-72-80(4,5)6)76(69-66-63-60-57-54-27-24-21-18-15-12-9-3)87-78(82)71-68-65-62-59-56-53-51-49-47-45-42-37-35-33-31-29-26-23-20-17-14-11-8-2/h10,13,19,22,28,30,34,36,39-40,66,69,75-76H,7-9,11-12,14-18,20-21,23-27,29,31-33,35,37-38,41-65,67-68,70-74H2,1-6H3,(H-,79,81,83,84)/p+1/b13-10-,22-19-,30-28-,36-34-,40-39-,69-66+. The molecule has 9 nitrogen and oxygen atoms in total. The highest BCUT2D eigenvalue weighted by molar-refractivity contribution is 7.47. The molecular weight excluding hydrogens is 1110 g/mol. The van der Waals surface area contributed by atoms with Crippen molar-refractivity contribution in [2.24, 2.45) is 0 Å². The van der Waals surface area contributed by atoms with Crippen LogP contribution in [0.25, 0.3) is 0 Å². The lowest BCUT2D eigenvalue weighted by atomic mass is 10.0. The summed E-state index contributed by atoms with van der Waals surface area (Å²) >= 11 is 0. The quantitative estimate of drug-likeness (QED) is 0.0205. The Kier molecular flexibility index (Phi) is 65.4. The predicted octanol–water partition coefficient (Wildman–Crippen LogP) is 24.3. The number of amides is 1. The Balaban J connectivity index is 4.98. The van der Waals surface area contributed by atoms with E-state index in [2.05, 4.69) is 86.8 Å². The van der Waals surface area contributed by atoms with Gasteiger partial charge in [-0.05, 0) is 76.7 Å². The van der Waals surface area contributed by atoms with Crippen LogP contribution in [0.2, 0.25) is 0 Å². The topological polar surface area (TPSA) is 111 Å². The first-order valence-corrected chi connectivity index (χ1v) is 39.3. The molecule has 0 aliphatic heterocycles. The number of carbonyl (C=O) groups is 2. The summed E-state index contributed by atoms with van der Waals surface area (Å²) in [5, 5.41) is 3.08. The Bertz CT molecular complexity index is 1730. The Morgan fingerprint density at radius 2 is 0.727 bits per heavy atom. The number of phosphoric acid groups is 1. The molecule has 0 aromatic carbocycles. The molecule has 10 heteroatoms. The van der Waals surface area contributed by atoms with Gasteiger partial charge in [0, 0.05) is 12.8 Å². The molecule has 0 heterocycles. The number of hydrogen-bond donors (Lipinski definition) is 2. The van der Waals surface area contributed by atoms with Crippen molar-refractivity contribution in [3.8, 4) is 0 Å². The maximum Gasteiger partial charge on any atom is 0.472 e. The van der Waals surface area contributed by atoms with Crippen LogP contribution in [-0.4, -0.2) is 74.3 Å². The summed E-state index contributed by atoms with van der Waals surface area (Å²) in [7, 11) is 1.50. The number of unbranched alkanes of at least 4 members (excludes halogenated alkanes) is 43. The van der Waals surface area contributed by atoms with Gasteiger partial charge in [0.2, 0.25) is 5.91 Å². The third-order valence-corrected chi connectivity index (χ3v) is 17.9. The molecule has 0 saturated carbocycles. The monoisotopic (exact) mass is 1250 g/mol. The van der Waals surface area contributed by atoms with Crippen LogP contribution in [0.4, 0.5) is 0 Å².